The molecular weight excluding hydrogens is 192 g/mol. The van der Waals surface area contributed by atoms with E-state index in [1.165, 1.54) is 0 Å². The number of rotatable bonds is 5. The van der Waals surface area contributed by atoms with Crippen LogP contribution >= 0.6 is 0 Å². The van der Waals surface area contributed by atoms with Crippen molar-refractivity contribution in [2.24, 2.45) is 0 Å². The number of carbonyl (C=O) groups excluding carboxylic acids is 1. The third kappa shape index (κ3) is 4.49. The Hall–Kier alpha value is -1.51. The summed E-state index contributed by atoms with van der Waals surface area (Å²) in [6, 6.07) is 7.73. The molecule has 0 bridgehead atoms. The molecule has 82 valence electrons. The van der Waals surface area contributed by atoms with E-state index in [0.717, 1.165) is 11.3 Å². The summed E-state index contributed by atoms with van der Waals surface area (Å²) in [6.45, 7) is 4.57. The van der Waals surface area contributed by atoms with Crippen LogP contribution in [-0.4, -0.2) is 19.2 Å². The molecule has 0 heterocycles. The van der Waals surface area contributed by atoms with Gasteiger partial charge in [-0.05, 0) is 31.5 Å². The third-order valence-electron chi connectivity index (χ3n) is 1.87. The number of esters is 1. The molecule has 0 unspecified atom stereocenters. The van der Waals surface area contributed by atoms with Crippen LogP contribution in [0.4, 0.5) is 0 Å². The Bertz CT molecular complexity index is 320. The number of hydrogen-bond acceptors (Lipinski definition) is 3. The molecular formula is C12H16O3. The van der Waals surface area contributed by atoms with Crippen molar-refractivity contribution in [2.45, 2.75) is 20.3 Å². The summed E-state index contributed by atoms with van der Waals surface area (Å²) < 4.78 is 10.2. The lowest BCUT2D eigenvalue weighted by Gasteiger charge is -2.06. The van der Waals surface area contributed by atoms with Gasteiger partial charge >= 0.3 is 5.97 Å². The molecule has 0 N–H and O–H groups in total. The fourth-order valence-corrected chi connectivity index (χ4v) is 1.19. The zero-order valence-electron chi connectivity index (χ0n) is 9.16. The van der Waals surface area contributed by atoms with E-state index >= 15 is 0 Å². The second-order valence-electron chi connectivity index (χ2n) is 3.22. The quantitative estimate of drug-likeness (QED) is 0.697. The molecule has 0 aliphatic rings. The highest BCUT2D eigenvalue weighted by molar-refractivity contribution is 5.69. The molecule has 1 rings (SSSR count). The molecule has 3 heteroatoms. The molecule has 15 heavy (non-hydrogen) atoms. The molecule has 0 saturated heterocycles. The van der Waals surface area contributed by atoms with Gasteiger partial charge < -0.3 is 9.47 Å². The van der Waals surface area contributed by atoms with E-state index in [-0.39, 0.29) is 5.97 Å². The molecule has 1 aromatic carbocycles. The molecule has 3 nitrogen and oxygen atoms in total. The van der Waals surface area contributed by atoms with Gasteiger partial charge in [0.05, 0.1) is 19.6 Å². The van der Waals surface area contributed by atoms with Gasteiger partial charge in [0, 0.05) is 0 Å². The summed E-state index contributed by atoms with van der Waals surface area (Å²) in [5.74, 6) is 0.574. The summed E-state index contributed by atoms with van der Waals surface area (Å²) in [6.07, 6.45) is 0.293. The maximum Gasteiger partial charge on any atom is 0.309 e. The first kappa shape index (κ1) is 11.6. The van der Waals surface area contributed by atoms with Crippen LogP contribution in [0.3, 0.4) is 0 Å². The Kier molecular flexibility index (Phi) is 4.68. The fourth-order valence-electron chi connectivity index (χ4n) is 1.19. The molecule has 0 fully saturated rings. The van der Waals surface area contributed by atoms with Crippen molar-refractivity contribution in [1.29, 1.82) is 0 Å². The van der Waals surface area contributed by atoms with Crippen molar-refractivity contribution >= 4 is 5.97 Å². The van der Waals surface area contributed by atoms with E-state index in [1.807, 2.05) is 31.2 Å². The average Bonchev–Trinajstić information content (AvgIpc) is 2.18. The van der Waals surface area contributed by atoms with Crippen molar-refractivity contribution < 1.29 is 14.3 Å². The first-order chi connectivity index (χ1) is 7.22. The van der Waals surface area contributed by atoms with Crippen LogP contribution in [0, 0.1) is 6.92 Å². The minimum atomic E-state index is -0.217. The molecule has 0 amide bonds. The van der Waals surface area contributed by atoms with Gasteiger partial charge in [-0.2, -0.15) is 0 Å². The predicted octanol–water partition coefficient (Wildman–Crippen LogP) is 2.33. The monoisotopic (exact) mass is 208 g/mol. The Morgan fingerprint density at radius 1 is 1.40 bits per heavy atom. The minimum absolute atomic E-state index is 0.217. The van der Waals surface area contributed by atoms with Gasteiger partial charge in [-0.25, -0.2) is 0 Å². The summed E-state index contributed by atoms with van der Waals surface area (Å²) in [4.78, 5) is 11.0. The van der Waals surface area contributed by atoms with Crippen LogP contribution in [0.5, 0.6) is 5.75 Å². The Morgan fingerprint density at radius 2 is 2.20 bits per heavy atom. The van der Waals surface area contributed by atoms with E-state index in [9.17, 15) is 4.79 Å². The van der Waals surface area contributed by atoms with E-state index in [0.29, 0.717) is 19.6 Å². The highest BCUT2D eigenvalue weighted by Gasteiger charge is 2.01. The van der Waals surface area contributed by atoms with E-state index in [4.69, 9.17) is 9.47 Å². The zero-order chi connectivity index (χ0) is 11.1. The van der Waals surface area contributed by atoms with Crippen LogP contribution in [0.2, 0.25) is 0 Å². The van der Waals surface area contributed by atoms with Crippen molar-refractivity contribution in [3.8, 4) is 5.75 Å². The fraction of sp³-hybridized carbons (Fsp3) is 0.417. The number of hydrogen-bond donors (Lipinski definition) is 0. The topological polar surface area (TPSA) is 35.5 Å². The Balaban J connectivity index is 2.28. The maximum absolute atomic E-state index is 11.0. The number of benzene rings is 1. The molecule has 0 atom stereocenters. The largest absolute Gasteiger partial charge is 0.493 e. The number of ether oxygens (including phenoxy) is 2. The van der Waals surface area contributed by atoms with Crippen molar-refractivity contribution in [1.82, 2.24) is 0 Å². The highest BCUT2D eigenvalue weighted by Crippen LogP contribution is 2.12. The Morgan fingerprint density at radius 3 is 2.87 bits per heavy atom. The number of aryl methyl sites for hydroxylation is 1. The Labute approximate surface area is 90.0 Å². The second-order valence-corrected chi connectivity index (χ2v) is 3.22. The van der Waals surface area contributed by atoms with Crippen LogP contribution in [0.25, 0.3) is 0 Å². The lowest BCUT2D eigenvalue weighted by Crippen LogP contribution is -2.09. The molecule has 1 aromatic rings. The van der Waals surface area contributed by atoms with Crippen LogP contribution in [0.1, 0.15) is 18.9 Å². The molecule has 0 radical (unpaired) electrons. The third-order valence-corrected chi connectivity index (χ3v) is 1.87. The van der Waals surface area contributed by atoms with Gasteiger partial charge in [0.2, 0.25) is 0 Å². The minimum Gasteiger partial charge on any atom is -0.493 e. The first-order valence-corrected chi connectivity index (χ1v) is 5.07. The summed E-state index contributed by atoms with van der Waals surface area (Å²) in [7, 11) is 0. The lowest BCUT2D eigenvalue weighted by atomic mass is 10.2. The zero-order valence-corrected chi connectivity index (χ0v) is 9.16. The summed E-state index contributed by atoms with van der Waals surface area (Å²) in [5.41, 5.74) is 1.14. The van der Waals surface area contributed by atoms with Gasteiger partial charge in [0.1, 0.15) is 5.75 Å². The van der Waals surface area contributed by atoms with Crippen molar-refractivity contribution in [2.75, 3.05) is 13.2 Å². The van der Waals surface area contributed by atoms with Gasteiger partial charge in [-0.1, -0.05) is 12.1 Å². The SMILES string of the molecule is CCOC(=O)CCOc1cccc(C)c1. The lowest BCUT2D eigenvalue weighted by molar-refractivity contribution is -0.143. The van der Waals surface area contributed by atoms with Crippen molar-refractivity contribution in [3.63, 3.8) is 0 Å². The highest BCUT2D eigenvalue weighted by atomic mass is 16.5. The van der Waals surface area contributed by atoms with Crippen molar-refractivity contribution in [3.05, 3.63) is 29.8 Å². The summed E-state index contributed by atoms with van der Waals surface area (Å²) in [5, 5.41) is 0. The first-order valence-electron chi connectivity index (χ1n) is 5.07. The normalized spacial score (nSPS) is 9.73. The standard InChI is InChI=1S/C12H16O3/c1-3-14-12(13)7-8-15-11-6-4-5-10(2)9-11/h4-6,9H,3,7-8H2,1-2H3. The molecule has 0 aromatic heterocycles. The smallest absolute Gasteiger partial charge is 0.309 e. The maximum atomic E-state index is 11.0. The predicted molar refractivity (Wildman–Crippen MR) is 57.9 cm³/mol. The van der Waals surface area contributed by atoms with Crippen LogP contribution in [0.15, 0.2) is 24.3 Å². The molecule has 0 aliphatic carbocycles. The van der Waals surface area contributed by atoms with Gasteiger partial charge in [0.25, 0.3) is 0 Å². The molecule has 0 saturated carbocycles. The summed E-state index contributed by atoms with van der Waals surface area (Å²) >= 11 is 0. The van der Waals surface area contributed by atoms with Gasteiger partial charge in [0.15, 0.2) is 0 Å². The van der Waals surface area contributed by atoms with E-state index < -0.39 is 0 Å². The van der Waals surface area contributed by atoms with Gasteiger partial charge in [-0.15, -0.1) is 0 Å². The second kappa shape index (κ2) is 6.06. The van der Waals surface area contributed by atoms with Gasteiger partial charge in [-0.3, -0.25) is 4.79 Å². The number of carbonyl (C=O) groups is 1. The average molecular weight is 208 g/mol. The molecule has 0 spiro atoms. The molecule has 0 aliphatic heterocycles. The van der Waals surface area contributed by atoms with E-state index in [2.05, 4.69) is 0 Å². The van der Waals surface area contributed by atoms with Crippen LogP contribution in [-0.2, 0) is 9.53 Å². The van der Waals surface area contributed by atoms with E-state index in [1.54, 1.807) is 6.92 Å². The van der Waals surface area contributed by atoms with Crippen LogP contribution < -0.4 is 4.74 Å².